The van der Waals surface area contributed by atoms with Crippen molar-refractivity contribution < 1.29 is 18.0 Å². The molecule has 0 saturated heterocycles. The van der Waals surface area contributed by atoms with Crippen molar-refractivity contribution >= 4 is 46.2 Å². The molecule has 0 unspecified atom stereocenters. The maximum Gasteiger partial charge on any atom is 0.326 e. The highest BCUT2D eigenvalue weighted by Gasteiger charge is 2.27. The van der Waals surface area contributed by atoms with Crippen molar-refractivity contribution in [2.45, 2.75) is 19.5 Å². The van der Waals surface area contributed by atoms with Gasteiger partial charge in [-0.3, -0.25) is 9.47 Å². The van der Waals surface area contributed by atoms with Gasteiger partial charge < -0.3 is 5.32 Å². The van der Waals surface area contributed by atoms with Gasteiger partial charge in [0.1, 0.15) is 11.0 Å². The molecule has 0 fully saturated rings. The second kappa shape index (κ2) is 10.6. The van der Waals surface area contributed by atoms with E-state index in [1.54, 1.807) is 29.0 Å². The molecule has 2 aromatic heterocycles. The Morgan fingerprint density at radius 2 is 1.89 bits per heavy atom. The fourth-order valence-corrected chi connectivity index (χ4v) is 4.91. The van der Waals surface area contributed by atoms with E-state index in [1.807, 2.05) is 6.08 Å². The molecule has 3 heterocycles. The van der Waals surface area contributed by atoms with Gasteiger partial charge in [-0.05, 0) is 53.1 Å². The summed E-state index contributed by atoms with van der Waals surface area (Å²) in [6.45, 7) is 1.91. The van der Waals surface area contributed by atoms with Gasteiger partial charge in [-0.2, -0.15) is 0 Å². The van der Waals surface area contributed by atoms with Crippen LogP contribution in [0.4, 0.5) is 18.0 Å². The second-order valence-corrected chi connectivity index (χ2v) is 9.55. The van der Waals surface area contributed by atoms with Crippen molar-refractivity contribution in [2.75, 3.05) is 13.1 Å². The van der Waals surface area contributed by atoms with E-state index in [2.05, 4.69) is 15.2 Å². The number of nitrogens with one attached hydrogen (secondary N) is 1. The van der Waals surface area contributed by atoms with Crippen molar-refractivity contribution in [3.63, 3.8) is 0 Å². The summed E-state index contributed by atoms with van der Waals surface area (Å²) in [5.74, 6) is -2.35. The molecule has 0 bridgehead atoms. The monoisotopic (exact) mass is 544 g/mol. The highest BCUT2D eigenvalue weighted by atomic mass is 35.5. The molecule has 0 spiro atoms. The van der Waals surface area contributed by atoms with E-state index in [9.17, 15) is 18.0 Å². The molecule has 4 aromatic rings. The van der Waals surface area contributed by atoms with Gasteiger partial charge >= 0.3 is 6.03 Å². The number of rotatable bonds is 5. The third kappa shape index (κ3) is 5.37. The molecule has 5 rings (SSSR count). The zero-order valence-electron chi connectivity index (χ0n) is 19.4. The van der Waals surface area contributed by atoms with E-state index in [0.29, 0.717) is 47.7 Å². The molecule has 1 amide bonds. The number of carbonyl (C=O) groups excluding carboxylic acids is 1. The van der Waals surface area contributed by atoms with Gasteiger partial charge in [-0.1, -0.05) is 41.4 Å². The van der Waals surface area contributed by atoms with E-state index in [0.717, 1.165) is 29.0 Å². The van der Waals surface area contributed by atoms with Crippen LogP contribution in [0, 0.1) is 17.5 Å². The Bertz CT molecular complexity index is 1540. The number of halogens is 5. The van der Waals surface area contributed by atoms with E-state index in [4.69, 9.17) is 23.2 Å². The largest absolute Gasteiger partial charge is 0.333 e. The number of benzene rings is 2. The van der Waals surface area contributed by atoms with Crippen LogP contribution in [-0.4, -0.2) is 33.6 Å². The number of hydrogen-bond acceptors (Lipinski definition) is 3. The topological polar surface area (TPSA) is 50.2 Å². The lowest BCUT2D eigenvalue weighted by molar-refractivity contribution is 0.240. The summed E-state index contributed by atoms with van der Waals surface area (Å²) in [4.78, 5) is 19.4. The minimum Gasteiger partial charge on any atom is -0.333 e. The van der Waals surface area contributed by atoms with Crippen LogP contribution in [0.5, 0.6) is 0 Å². The zero-order chi connectivity index (χ0) is 26.1. The molecule has 190 valence electrons. The van der Waals surface area contributed by atoms with Gasteiger partial charge in [0.25, 0.3) is 0 Å². The summed E-state index contributed by atoms with van der Waals surface area (Å²) in [5.41, 5.74) is 3.52. The Morgan fingerprint density at radius 3 is 2.68 bits per heavy atom. The molecule has 1 aliphatic rings. The molecule has 10 heteroatoms. The van der Waals surface area contributed by atoms with Gasteiger partial charge in [-0.15, -0.1) is 0 Å². The molecule has 2 aromatic carbocycles. The molecule has 0 saturated carbocycles. The highest BCUT2D eigenvalue weighted by molar-refractivity contribution is 6.31. The van der Waals surface area contributed by atoms with Gasteiger partial charge in [0, 0.05) is 49.9 Å². The first-order valence-corrected chi connectivity index (χ1v) is 12.3. The maximum atomic E-state index is 14.4. The first-order chi connectivity index (χ1) is 17.8. The number of aromatic nitrogens is 2. The summed E-state index contributed by atoms with van der Waals surface area (Å²) in [6.07, 6.45) is 5.70. The van der Waals surface area contributed by atoms with Gasteiger partial charge in [0.15, 0.2) is 11.6 Å². The number of fused-ring (bicyclic) bond motifs is 3. The summed E-state index contributed by atoms with van der Waals surface area (Å²) in [7, 11) is 0. The number of carbonyl (C=O) groups is 1. The number of amides is 1. The summed E-state index contributed by atoms with van der Waals surface area (Å²) < 4.78 is 42.6. The highest BCUT2D eigenvalue weighted by Crippen LogP contribution is 2.34. The molecule has 1 N–H and O–H groups in total. The van der Waals surface area contributed by atoms with Crippen LogP contribution in [0.15, 0.2) is 54.7 Å². The Hall–Kier alpha value is -3.33. The quantitative estimate of drug-likeness (QED) is 0.288. The Kier molecular flexibility index (Phi) is 7.24. The molecular formula is C27H21Cl2F3N4O. The van der Waals surface area contributed by atoms with Crippen LogP contribution in [0.2, 0.25) is 10.2 Å². The van der Waals surface area contributed by atoms with E-state index in [-0.39, 0.29) is 17.6 Å². The minimum absolute atomic E-state index is 0.0661. The fraction of sp³-hybridized carbons (Fsp3) is 0.185. The van der Waals surface area contributed by atoms with Gasteiger partial charge in [0.2, 0.25) is 0 Å². The summed E-state index contributed by atoms with van der Waals surface area (Å²) in [5, 5.41) is 3.78. The summed E-state index contributed by atoms with van der Waals surface area (Å²) in [6, 6.07) is 9.64. The smallest absolute Gasteiger partial charge is 0.326 e. The molecule has 0 atom stereocenters. The Balaban J connectivity index is 1.39. The van der Waals surface area contributed by atoms with Gasteiger partial charge in [0.05, 0.1) is 10.5 Å². The number of hydrogen-bond donors (Lipinski definition) is 1. The van der Waals surface area contributed by atoms with Crippen LogP contribution in [0.25, 0.3) is 17.0 Å². The van der Waals surface area contributed by atoms with Crippen molar-refractivity contribution in [1.29, 1.82) is 0 Å². The number of nitrogens with zero attached hydrogens (tertiary/aromatic N) is 3. The van der Waals surface area contributed by atoms with Crippen molar-refractivity contribution in [1.82, 2.24) is 19.8 Å². The van der Waals surface area contributed by atoms with Crippen LogP contribution in [-0.2, 0) is 19.5 Å². The molecule has 5 nitrogen and oxygen atoms in total. The average Bonchev–Trinajstić information content (AvgIpc) is 3.17. The zero-order valence-corrected chi connectivity index (χ0v) is 21.0. The SMILES string of the molecule is O=C(NCc1ccnc(Cl)c1)n1c2c(c3cc(F)c(Cl)cc31)CN(C/C=C/c1ccc(F)c(F)c1)CC2. The molecule has 0 aliphatic carbocycles. The maximum absolute atomic E-state index is 14.4. The lowest BCUT2D eigenvalue weighted by Gasteiger charge is -2.27. The molecular weight excluding hydrogens is 524 g/mol. The standard InChI is InChI=1S/C27H21Cl2F3N4O/c28-20-13-25-18(12-22(20)31)19-15-35(8-1-2-16-3-4-21(30)23(32)10-16)9-6-24(19)36(25)27(37)34-14-17-5-7-33-26(29)11-17/h1-5,7,10-13H,6,8-9,14-15H2,(H,34,37)/b2-1+. The third-order valence-corrected chi connectivity index (χ3v) is 6.82. The van der Waals surface area contributed by atoms with Crippen LogP contribution in [0.3, 0.4) is 0 Å². The van der Waals surface area contributed by atoms with Crippen molar-refractivity contribution in [2.24, 2.45) is 0 Å². The van der Waals surface area contributed by atoms with E-state index in [1.165, 1.54) is 18.2 Å². The Labute approximate surface area is 221 Å². The number of pyridine rings is 1. The fourth-order valence-electron chi connectivity index (χ4n) is 4.56. The molecule has 37 heavy (non-hydrogen) atoms. The first kappa shape index (κ1) is 25.3. The first-order valence-electron chi connectivity index (χ1n) is 11.5. The Morgan fingerprint density at radius 1 is 1.05 bits per heavy atom. The third-order valence-electron chi connectivity index (χ3n) is 6.32. The van der Waals surface area contributed by atoms with E-state index >= 15 is 0 Å². The van der Waals surface area contributed by atoms with Crippen LogP contribution in [0.1, 0.15) is 22.4 Å². The lowest BCUT2D eigenvalue weighted by Crippen LogP contribution is -2.34. The van der Waals surface area contributed by atoms with Crippen molar-refractivity contribution in [3.05, 3.63) is 105 Å². The predicted molar refractivity (Wildman–Crippen MR) is 138 cm³/mol. The van der Waals surface area contributed by atoms with Gasteiger partial charge in [-0.25, -0.2) is 22.9 Å². The molecule has 0 radical (unpaired) electrons. The predicted octanol–water partition coefficient (Wildman–Crippen LogP) is 6.59. The lowest BCUT2D eigenvalue weighted by atomic mass is 10.0. The van der Waals surface area contributed by atoms with Crippen molar-refractivity contribution in [3.8, 4) is 0 Å². The van der Waals surface area contributed by atoms with E-state index < -0.39 is 17.5 Å². The molecule has 1 aliphatic heterocycles. The minimum atomic E-state index is -0.899. The van der Waals surface area contributed by atoms with Crippen LogP contribution < -0.4 is 5.32 Å². The normalized spacial score (nSPS) is 13.9. The second-order valence-electron chi connectivity index (χ2n) is 8.75. The van der Waals surface area contributed by atoms with Crippen LogP contribution >= 0.6 is 23.2 Å². The summed E-state index contributed by atoms with van der Waals surface area (Å²) >= 11 is 12.0. The average molecular weight is 545 g/mol.